The molecule has 10 nitrogen and oxygen atoms in total. The van der Waals surface area contributed by atoms with Gasteiger partial charge in [0.1, 0.15) is 12.1 Å². The topological polar surface area (TPSA) is 119 Å². The van der Waals surface area contributed by atoms with Crippen molar-refractivity contribution in [3.63, 3.8) is 0 Å². The summed E-state index contributed by atoms with van der Waals surface area (Å²) in [4.78, 5) is 16.4. The van der Waals surface area contributed by atoms with Gasteiger partial charge >= 0.3 is 0 Å². The van der Waals surface area contributed by atoms with Gasteiger partial charge in [-0.05, 0) is 80.7 Å². The highest BCUT2D eigenvalue weighted by Gasteiger charge is 2.16. The fourth-order valence-electron chi connectivity index (χ4n) is 5.47. The first kappa shape index (κ1) is 32.6. The van der Waals surface area contributed by atoms with Crippen LogP contribution in [-0.2, 0) is 6.54 Å². The number of hydrogen-bond acceptors (Lipinski definition) is 9. The van der Waals surface area contributed by atoms with Crippen LogP contribution in [0.25, 0.3) is 22.0 Å². The molecular weight excluding hydrogens is 572 g/mol. The molecule has 2 aromatic heterocycles. The van der Waals surface area contributed by atoms with Crippen molar-refractivity contribution in [3.05, 3.63) is 103 Å². The monoisotopic (exact) mass is 618 g/mol. The van der Waals surface area contributed by atoms with E-state index in [1.54, 1.807) is 0 Å². The molecule has 5 rings (SSSR count). The third kappa shape index (κ3) is 8.89. The molecule has 0 spiro atoms. The van der Waals surface area contributed by atoms with Gasteiger partial charge in [-0.15, -0.1) is 0 Å². The number of likely N-dealkylation sites (N-methyl/N-ethyl adjacent to an activating group) is 1. The molecule has 0 radical (unpaired) electrons. The number of H-pyrrole nitrogens is 1. The van der Waals surface area contributed by atoms with E-state index in [0.29, 0.717) is 18.4 Å². The van der Waals surface area contributed by atoms with Gasteiger partial charge in [-0.3, -0.25) is 10.1 Å². The third-order valence-electron chi connectivity index (χ3n) is 7.93. The van der Waals surface area contributed by atoms with Crippen molar-refractivity contribution in [2.24, 2.45) is 5.92 Å². The van der Waals surface area contributed by atoms with Crippen LogP contribution in [0.4, 0.5) is 17.5 Å². The summed E-state index contributed by atoms with van der Waals surface area (Å²) < 4.78 is 0. The summed E-state index contributed by atoms with van der Waals surface area (Å²) in [6.45, 7) is 12.7. The van der Waals surface area contributed by atoms with Gasteiger partial charge in [0.15, 0.2) is 0 Å². The first-order valence-corrected chi connectivity index (χ1v) is 15.9. The zero-order chi connectivity index (χ0) is 32.3. The van der Waals surface area contributed by atoms with Gasteiger partial charge < -0.3 is 26.2 Å². The van der Waals surface area contributed by atoms with E-state index in [4.69, 9.17) is 9.97 Å². The predicted molar refractivity (Wildman–Crippen MR) is 190 cm³/mol. The number of rotatable bonds is 13. The molecule has 46 heavy (non-hydrogen) atoms. The van der Waals surface area contributed by atoms with E-state index in [-0.39, 0.29) is 5.92 Å². The average molecular weight is 619 g/mol. The Morgan fingerprint density at radius 3 is 2.78 bits per heavy atom. The quantitative estimate of drug-likeness (QED) is 0.109. The van der Waals surface area contributed by atoms with E-state index in [1.807, 2.05) is 38.6 Å². The van der Waals surface area contributed by atoms with Crippen molar-refractivity contribution in [3.8, 4) is 11.3 Å². The van der Waals surface area contributed by atoms with Crippen molar-refractivity contribution in [1.29, 1.82) is 0 Å². The van der Waals surface area contributed by atoms with Crippen LogP contribution in [-0.4, -0.2) is 70.3 Å². The van der Waals surface area contributed by atoms with E-state index in [2.05, 4.69) is 110 Å². The van der Waals surface area contributed by atoms with E-state index in [9.17, 15) is 0 Å². The van der Waals surface area contributed by atoms with Gasteiger partial charge in [0.25, 0.3) is 0 Å². The van der Waals surface area contributed by atoms with Crippen LogP contribution in [0.5, 0.6) is 0 Å². The number of hydrogen-bond donors (Lipinski definition) is 5. The number of allylic oxidation sites excluding steroid dienone is 1. The molecule has 2 aromatic carbocycles. The first-order valence-electron chi connectivity index (χ1n) is 15.9. The number of nitrogens with zero attached hydrogens (tertiary/aromatic N) is 5. The SMILES string of the molecule is C=C(/C=C/CN(C)C)Nc1ccc2c(-c3ccccc3CNc3nc(NCC4CCNC4)ncn[nH]cc3C(C)C)nccc2c1. The van der Waals surface area contributed by atoms with Crippen molar-refractivity contribution in [1.82, 2.24) is 35.4 Å². The summed E-state index contributed by atoms with van der Waals surface area (Å²) in [7, 11) is 4.09. The molecule has 0 saturated carbocycles. The molecule has 1 unspecified atom stereocenters. The van der Waals surface area contributed by atoms with E-state index in [0.717, 1.165) is 83.0 Å². The van der Waals surface area contributed by atoms with E-state index >= 15 is 0 Å². The maximum Gasteiger partial charge on any atom is 0.226 e. The fourth-order valence-corrected chi connectivity index (χ4v) is 5.47. The summed E-state index contributed by atoms with van der Waals surface area (Å²) in [5, 5.41) is 23.3. The predicted octanol–water partition coefficient (Wildman–Crippen LogP) is 6.34. The molecule has 3 heterocycles. The Bertz CT molecular complexity index is 1700. The molecule has 1 saturated heterocycles. The van der Waals surface area contributed by atoms with Crippen LogP contribution in [0.2, 0.25) is 0 Å². The van der Waals surface area contributed by atoms with Gasteiger partial charge in [-0.25, -0.2) is 0 Å². The third-order valence-corrected chi connectivity index (χ3v) is 7.93. The van der Waals surface area contributed by atoms with Gasteiger partial charge in [0, 0.05) is 59.9 Å². The second-order valence-corrected chi connectivity index (χ2v) is 12.2. The molecule has 0 bridgehead atoms. The summed E-state index contributed by atoms with van der Waals surface area (Å²) in [5.74, 6) is 2.04. The lowest BCUT2D eigenvalue weighted by Gasteiger charge is -2.16. The van der Waals surface area contributed by atoms with Crippen LogP contribution in [0.3, 0.4) is 0 Å². The highest BCUT2D eigenvalue weighted by molar-refractivity contribution is 5.97. The molecule has 1 aliphatic rings. The molecule has 4 aromatic rings. The van der Waals surface area contributed by atoms with Gasteiger partial charge in [-0.1, -0.05) is 56.8 Å². The first-order chi connectivity index (χ1) is 22.4. The molecule has 0 amide bonds. The van der Waals surface area contributed by atoms with Crippen LogP contribution in [0.15, 0.2) is 91.7 Å². The van der Waals surface area contributed by atoms with Crippen LogP contribution in [0.1, 0.15) is 37.3 Å². The molecule has 10 heteroatoms. The smallest absolute Gasteiger partial charge is 0.226 e. The summed E-state index contributed by atoms with van der Waals surface area (Å²) in [6.07, 6.45) is 10.5. The van der Waals surface area contributed by atoms with Crippen LogP contribution >= 0.6 is 0 Å². The Labute approximate surface area is 272 Å². The number of aromatic nitrogens is 5. The number of aromatic amines is 1. The number of anilines is 3. The number of nitrogens with one attached hydrogen (secondary N) is 5. The van der Waals surface area contributed by atoms with Crippen LogP contribution < -0.4 is 21.3 Å². The summed E-state index contributed by atoms with van der Waals surface area (Å²) >= 11 is 0. The van der Waals surface area contributed by atoms with E-state index < -0.39 is 0 Å². The molecule has 1 atom stereocenters. The minimum absolute atomic E-state index is 0.199. The minimum atomic E-state index is 0.199. The minimum Gasteiger partial charge on any atom is -0.366 e. The maximum atomic E-state index is 4.97. The summed E-state index contributed by atoms with van der Waals surface area (Å²) in [5.41, 5.74) is 5.95. The Hall–Kier alpha value is -4.80. The molecular formula is C36H46N10. The molecule has 1 fully saturated rings. The van der Waals surface area contributed by atoms with Crippen molar-refractivity contribution >= 4 is 28.2 Å². The standard InChI is InChI=1S/C36H46N10/c1-25(2)33-23-42-43-24-41-36(40-21-27-14-16-37-20-27)45-35(33)39-22-29-10-6-7-11-31(29)34-32-13-12-30(19-28(32)15-17-38-34)44-26(3)9-8-18-46(4)5/h6-13,15,17,19,23-25,27,37,42,44H,3,14,16,18,20-22H2,1-2,4-5H3,(H2,39,40,41,43,45)/b9-8+,33-23?. The molecule has 240 valence electrons. The van der Waals surface area contributed by atoms with Gasteiger partial charge in [0.2, 0.25) is 5.95 Å². The second kappa shape index (κ2) is 16.0. The van der Waals surface area contributed by atoms with Gasteiger partial charge in [-0.2, -0.15) is 15.1 Å². The largest absolute Gasteiger partial charge is 0.366 e. The van der Waals surface area contributed by atoms with E-state index in [1.165, 1.54) is 6.33 Å². The number of pyridine rings is 1. The average Bonchev–Trinajstić information content (AvgIpc) is 3.59. The second-order valence-electron chi connectivity index (χ2n) is 12.2. The normalized spacial score (nSPS) is 14.6. The Kier molecular flexibility index (Phi) is 11.3. The molecule has 0 aliphatic carbocycles. The number of fused-ring (bicyclic) bond motifs is 1. The maximum absolute atomic E-state index is 4.97. The lowest BCUT2D eigenvalue weighted by Crippen LogP contribution is -2.18. The Morgan fingerprint density at radius 1 is 1.11 bits per heavy atom. The molecule has 5 N–H and O–H groups in total. The Morgan fingerprint density at radius 2 is 1.98 bits per heavy atom. The lowest BCUT2D eigenvalue weighted by atomic mass is 9.99. The Balaban J connectivity index is 1.41. The molecule has 1 aliphatic heterocycles. The fraction of sp³-hybridized carbons (Fsp3) is 0.333. The zero-order valence-electron chi connectivity index (χ0n) is 27.3. The van der Waals surface area contributed by atoms with Crippen molar-refractivity contribution < 1.29 is 0 Å². The lowest BCUT2D eigenvalue weighted by molar-refractivity contribution is 0.456. The van der Waals surface area contributed by atoms with Crippen molar-refractivity contribution in [2.45, 2.75) is 32.7 Å². The van der Waals surface area contributed by atoms with Crippen LogP contribution in [0, 0.1) is 5.92 Å². The highest BCUT2D eigenvalue weighted by atomic mass is 15.2. The summed E-state index contributed by atoms with van der Waals surface area (Å²) in [6, 6.07) is 16.8. The van der Waals surface area contributed by atoms with Gasteiger partial charge in [0.05, 0.1) is 5.69 Å². The zero-order valence-corrected chi connectivity index (χ0v) is 27.3. The number of benzene rings is 2. The highest BCUT2D eigenvalue weighted by Crippen LogP contribution is 2.32. The van der Waals surface area contributed by atoms with Crippen molar-refractivity contribution in [2.75, 3.05) is 56.2 Å².